The Morgan fingerprint density at radius 1 is 1.44 bits per heavy atom. The summed E-state index contributed by atoms with van der Waals surface area (Å²) < 4.78 is 11.1. The quantitative estimate of drug-likeness (QED) is 0.732. The fourth-order valence-electron chi connectivity index (χ4n) is 2.49. The van der Waals surface area contributed by atoms with Crippen LogP contribution < -0.4 is 5.32 Å². The molecule has 2 atom stereocenters. The highest BCUT2D eigenvalue weighted by Gasteiger charge is 2.37. The molecule has 0 spiro atoms. The summed E-state index contributed by atoms with van der Waals surface area (Å²) in [5.74, 6) is 0.756. The fraction of sp³-hybridized carbons (Fsp3) is 0.733. The molecule has 3 nitrogen and oxygen atoms in total. The first kappa shape index (κ1) is 13.6. The summed E-state index contributed by atoms with van der Waals surface area (Å²) in [5, 5.41) is 3.65. The van der Waals surface area contributed by atoms with Crippen LogP contribution in [0, 0.1) is 5.92 Å². The molecule has 0 aliphatic heterocycles. The van der Waals surface area contributed by atoms with E-state index in [1.165, 1.54) is 18.4 Å². The van der Waals surface area contributed by atoms with Crippen molar-refractivity contribution in [2.75, 3.05) is 13.2 Å². The van der Waals surface area contributed by atoms with E-state index in [9.17, 15) is 0 Å². The van der Waals surface area contributed by atoms with Gasteiger partial charge in [0, 0.05) is 12.6 Å². The third kappa shape index (κ3) is 3.85. The molecule has 0 saturated heterocycles. The van der Waals surface area contributed by atoms with Crippen LogP contribution in [-0.2, 0) is 11.2 Å². The second kappa shape index (κ2) is 6.95. The lowest BCUT2D eigenvalue weighted by Gasteiger charge is -2.28. The summed E-state index contributed by atoms with van der Waals surface area (Å²) in [6, 6.07) is 2.46. The average molecular weight is 251 g/mol. The Hall–Kier alpha value is -0.800. The van der Waals surface area contributed by atoms with Crippen molar-refractivity contribution in [2.24, 2.45) is 5.92 Å². The minimum Gasteiger partial charge on any atom is -0.472 e. The van der Waals surface area contributed by atoms with Crippen LogP contribution in [-0.4, -0.2) is 25.3 Å². The van der Waals surface area contributed by atoms with Gasteiger partial charge in [-0.15, -0.1) is 0 Å². The average Bonchev–Trinajstić information content (AvgIpc) is 3.09. The summed E-state index contributed by atoms with van der Waals surface area (Å²) in [6.45, 7) is 6.15. The molecule has 102 valence electrons. The lowest BCUT2D eigenvalue weighted by molar-refractivity contribution is 0.0192. The molecule has 1 aliphatic rings. The zero-order valence-electron chi connectivity index (χ0n) is 11.5. The first-order valence-electron chi connectivity index (χ1n) is 7.21. The maximum Gasteiger partial charge on any atom is 0.0935 e. The van der Waals surface area contributed by atoms with Crippen LogP contribution in [0.25, 0.3) is 0 Å². The fourth-order valence-corrected chi connectivity index (χ4v) is 2.49. The molecule has 3 heteroatoms. The largest absolute Gasteiger partial charge is 0.472 e. The Kier molecular flexibility index (Phi) is 5.26. The van der Waals surface area contributed by atoms with Crippen molar-refractivity contribution in [2.45, 2.75) is 51.7 Å². The number of hydrogen-bond acceptors (Lipinski definition) is 3. The van der Waals surface area contributed by atoms with Gasteiger partial charge in [0.2, 0.25) is 0 Å². The molecule has 1 saturated carbocycles. The Labute approximate surface area is 110 Å². The number of ether oxygens (including phenoxy) is 1. The number of furan rings is 1. The van der Waals surface area contributed by atoms with Gasteiger partial charge < -0.3 is 14.5 Å². The maximum absolute atomic E-state index is 5.98. The van der Waals surface area contributed by atoms with Crippen molar-refractivity contribution < 1.29 is 9.15 Å². The molecule has 0 amide bonds. The van der Waals surface area contributed by atoms with Crippen LogP contribution >= 0.6 is 0 Å². The molecule has 1 fully saturated rings. The Balaban J connectivity index is 1.97. The molecule has 1 heterocycles. The Morgan fingerprint density at radius 3 is 2.83 bits per heavy atom. The molecular weight excluding hydrogens is 226 g/mol. The molecule has 1 N–H and O–H groups in total. The molecule has 1 aliphatic carbocycles. The van der Waals surface area contributed by atoms with Gasteiger partial charge in [0.25, 0.3) is 0 Å². The van der Waals surface area contributed by atoms with Crippen LogP contribution in [0.3, 0.4) is 0 Å². The molecule has 18 heavy (non-hydrogen) atoms. The normalized spacial score (nSPS) is 18.8. The minimum atomic E-state index is 0.358. The van der Waals surface area contributed by atoms with Gasteiger partial charge in [-0.25, -0.2) is 0 Å². The first-order chi connectivity index (χ1) is 8.85. The highest BCUT2D eigenvalue weighted by atomic mass is 16.5. The lowest BCUT2D eigenvalue weighted by atomic mass is 9.99. The van der Waals surface area contributed by atoms with E-state index in [2.05, 4.69) is 25.2 Å². The van der Waals surface area contributed by atoms with E-state index < -0.39 is 0 Å². The van der Waals surface area contributed by atoms with Gasteiger partial charge in [0.05, 0.1) is 18.6 Å². The molecule has 0 aromatic carbocycles. The summed E-state index contributed by atoms with van der Waals surface area (Å²) >= 11 is 0. The van der Waals surface area contributed by atoms with Gasteiger partial charge in [-0.3, -0.25) is 0 Å². The van der Waals surface area contributed by atoms with Crippen molar-refractivity contribution >= 4 is 0 Å². The van der Waals surface area contributed by atoms with Gasteiger partial charge in [0.15, 0.2) is 0 Å². The molecule has 2 rings (SSSR count). The predicted octanol–water partition coefficient (Wildman–Crippen LogP) is 3.01. The monoisotopic (exact) mass is 251 g/mol. The topological polar surface area (TPSA) is 34.4 Å². The second-order valence-electron chi connectivity index (χ2n) is 5.15. The van der Waals surface area contributed by atoms with E-state index in [-0.39, 0.29) is 0 Å². The molecule has 0 bridgehead atoms. The second-order valence-corrected chi connectivity index (χ2v) is 5.15. The summed E-state index contributed by atoms with van der Waals surface area (Å²) in [5.41, 5.74) is 1.26. The minimum absolute atomic E-state index is 0.358. The van der Waals surface area contributed by atoms with E-state index in [1.54, 1.807) is 6.26 Å². The van der Waals surface area contributed by atoms with Crippen molar-refractivity contribution in [3.8, 4) is 0 Å². The molecular formula is C15H25NO2. The number of hydrogen-bond donors (Lipinski definition) is 1. The van der Waals surface area contributed by atoms with E-state index in [1.807, 2.05) is 6.26 Å². The van der Waals surface area contributed by atoms with Crippen LogP contribution in [0.1, 0.15) is 38.7 Å². The van der Waals surface area contributed by atoms with Gasteiger partial charge in [-0.1, -0.05) is 6.92 Å². The molecule has 1 aromatic rings. The standard InChI is InChI=1S/C15H25NO2/c1-3-8-16-14(10-12-7-9-17-11-12)15(18-4-2)13-5-6-13/h7,9,11,13-16H,3-6,8,10H2,1-2H3. The van der Waals surface area contributed by atoms with Crippen LogP contribution in [0.5, 0.6) is 0 Å². The maximum atomic E-state index is 5.98. The Morgan fingerprint density at radius 2 is 2.28 bits per heavy atom. The van der Waals surface area contributed by atoms with Crippen molar-refractivity contribution in [3.63, 3.8) is 0 Å². The highest BCUT2D eigenvalue weighted by Crippen LogP contribution is 2.36. The van der Waals surface area contributed by atoms with E-state index in [0.717, 1.165) is 31.9 Å². The van der Waals surface area contributed by atoms with Crippen molar-refractivity contribution in [1.82, 2.24) is 5.32 Å². The zero-order valence-corrected chi connectivity index (χ0v) is 11.5. The summed E-state index contributed by atoms with van der Waals surface area (Å²) in [6.07, 6.45) is 8.75. The van der Waals surface area contributed by atoms with Crippen LogP contribution in [0.15, 0.2) is 23.0 Å². The molecule has 0 radical (unpaired) electrons. The third-order valence-electron chi connectivity index (χ3n) is 3.53. The van der Waals surface area contributed by atoms with Crippen LogP contribution in [0.4, 0.5) is 0 Å². The summed E-state index contributed by atoms with van der Waals surface area (Å²) in [7, 11) is 0. The predicted molar refractivity (Wildman–Crippen MR) is 72.6 cm³/mol. The van der Waals surface area contributed by atoms with E-state index >= 15 is 0 Å². The van der Waals surface area contributed by atoms with Gasteiger partial charge in [-0.2, -0.15) is 0 Å². The third-order valence-corrected chi connectivity index (χ3v) is 3.53. The van der Waals surface area contributed by atoms with Gasteiger partial charge in [-0.05, 0) is 56.7 Å². The number of nitrogens with one attached hydrogen (secondary N) is 1. The number of rotatable bonds is 9. The Bertz CT molecular complexity index is 319. The SMILES string of the molecule is CCCNC(Cc1ccoc1)C(OCC)C1CC1. The molecule has 2 unspecified atom stereocenters. The van der Waals surface area contributed by atoms with Crippen molar-refractivity contribution in [1.29, 1.82) is 0 Å². The molecule has 1 aromatic heterocycles. The van der Waals surface area contributed by atoms with Crippen LogP contribution in [0.2, 0.25) is 0 Å². The summed E-state index contributed by atoms with van der Waals surface area (Å²) in [4.78, 5) is 0. The first-order valence-corrected chi connectivity index (χ1v) is 7.21. The van der Waals surface area contributed by atoms with E-state index in [0.29, 0.717) is 12.1 Å². The van der Waals surface area contributed by atoms with Crippen molar-refractivity contribution in [3.05, 3.63) is 24.2 Å². The lowest BCUT2D eigenvalue weighted by Crippen LogP contribution is -2.44. The zero-order chi connectivity index (χ0) is 12.8. The van der Waals surface area contributed by atoms with Gasteiger partial charge >= 0.3 is 0 Å². The highest BCUT2D eigenvalue weighted by molar-refractivity contribution is 5.09. The van der Waals surface area contributed by atoms with Gasteiger partial charge in [0.1, 0.15) is 0 Å². The smallest absolute Gasteiger partial charge is 0.0935 e. The van der Waals surface area contributed by atoms with E-state index in [4.69, 9.17) is 9.15 Å².